The highest BCUT2D eigenvalue weighted by Crippen LogP contribution is 2.22. The van der Waals surface area contributed by atoms with Crippen LogP contribution in [0.15, 0.2) is 47.5 Å². The second-order valence-electron chi connectivity index (χ2n) is 6.87. The molecule has 1 aromatic carbocycles. The number of pyridine rings is 1. The first-order chi connectivity index (χ1) is 12.6. The van der Waals surface area contributed by atoms with E-state index in [1.54, 1.807) is 24.4 Å². The summed E-state index contributed by atoms with van der Waals surface area (Å²) in [6.45, 7) is 2.04. The van der Waals surface area contributed by atoms with E-state index in [-0.39, 0.29) is 4.90 Å². The maximum atomic E-state index is 12.5. The number of rotatable bonds is 6. The number of aromatic nitrogens is 1. The Hall–Kier alpha value is -2.08. The molecule has 0 radical (unpaired) electrons. The van der Waals surface area contributed by atoms with Crippen LogP contribution < -0.4 is 10.0 Å². The van der Waals surface area contributed by atoms with Crippen molar-refractivity contribution in [1.82, 2.24) is 4.98 Å². The molecular formula is C20H27N3O2S. The summed E-state index contributed by atoms with van der Waals surface area (Å²) in [5, 5.41) is 3.52. The van der Waals surface area contributed by atoms with Gasteiger partial charge in [0, 0.05) is 6.04 Å². The van der Waals surface area contributed by atoms with Gasteiger partial charge in [0.15, 0.2) is 0 Å². The second-order valence-corrected chi connectivity index (χ2v) is 8.55. The number of benzene rings is 1. The number of hydrogen-bond donors (Lipinski definition) is 2. The van der Waals surface area contributed by atoms with Gasteiger partial charge in [-0.1, -0.05) is 44.7 Å². The van der Waals surface area contributed by atoms with Gasteiger partial charge >= 0.3 is 0 Å². The van der Waals surface area contributed by atoms with Gasteiger partial charge < -0.3 is 5.32 Å². The zero-order chi connectivity index (χ0) is 18.4. The lowest BCUT2D eigenvalue weighted by atomic mass is 10.1. The van der Waals surface area contributed by atoms with E-state index in [4.69, 9.17) is 0 Å². The third-order valence-electron chi connectivity index (χ3n) is 4.87. The van der Waals surface area contributed by atoms with Gasteiger partial charge in [0.25, 0.3) is 10.0 Å². The van der Waals surface area contributed by atoms with Gasteiger partial charge in [-0.05, 0) is 49.1 Å². The number of nitrogens with one attached hydrogen (secondary N) is 2. The van der Waals surface area contributed by atoms with Gasteiger partial charge in [-0.2, -0.15) is 0 Å². The molecule has 1 fully saturated rings. The molecule has 0 amide bonds. The van der Waals surface area contributed by atoms with E-state index in [0.29, 0.717) is 11.9 Å². The highest BCUT2D eigenvalue weighted by molar-refractivity contribution is 7.92. The lowest BCUT2D eigenvalue weighted by molar-refractivity contribution is 0.601. The Balaban J connectivity index is 1.64. The third-order valence-corrected chi connectivity index (χ3v) is 6.24. The molecule has 26 heavy (non-hydrogen) atoms. The summed E-state index contributed by atoms with van der Waals surface area (Å²) in [6, 6.07) is 11.0. The lowest BCUT2D eigenvalue weighted by Crippen LogP contribution is -2.18. The monoisotopic (exact) mass is 373 g/mol. The maximum Gasteiger partial charge on any atom is 0.263 e. The van der Waals surface area contributed by atoms with Gasteiger partial charge in [0.05, 0.1) is 16.8 Å². The fourth-order valence-electron chi connectivity index (χ4n) is 3.30. The minimum Gasteiger partial charge on any atom is -0.381 e. The van der Waals surface area contributed by atoms with E-state index in [1.807, 2.05) is 25.1 Å². The van der Waals surface area contributed by atoms with Crippen LogP contribution in [0.3, 0.4) is 0 Å². The Morgan fingerprint density at radius 3 is 2.27 bits per heavy atom. The molecule has 0 saturated heterocycles. The largest absolute Gasteiger partial charge is 0.381 e. The summed E-state index contributed by atoms with van der Waals surface area (Å²) in [5.74, 6) is 0.330. The molecule has 6 heteroatoms. The summed E-state index contributed by atoms with van der Waals surface area (Å²) in [5.41, 5.74) is 2.04. The van der Waals surface area contributed by atoms with Crippen LogP contribution in [-0.2, 0) is 16.4 Å². The molecule has 1 aromatic heterocycles. The van der Waals surface area contributed by atoms with E-state index in [1.165, 1.54) is 38.5 Å². The molecular weight excluding hydrogens is 346 g/mol. The van der Waals surface area contributed by atoms with Crippen molar-refractivity contribution in [3.63, 3.8) is 0 Å². The standard InChI is InChI=1S/C20H27N3O2S/c1-2-16-9-12-19(13-10-16)26(24,25)23-20-14-11-18(15-21-20)22-17-7-5-3-4-6-8-17/h9-15,17,22H,2-8H2,1H3,(H,21,23). The zero-order valence-electron chi connectivity index (χ0n) is 15.2. The normalized spacial score (nSPS) is 16.0. The van der Waals surface area contributed by atoms with Crippen molar-refractivity contribution in [2.45, 2.75) is 62.8 Å². The Morgan fingerprint density at radius 1 is 1.00 bits per heavy atom. The number of nitrogens with zero attached hydrogens (tertiary/aromatic N) is 1. The molecule has 2 N–H and O–H groups in total. The highest BCUT2D eigenvalue weighted by atomic mass is 32.2. The van der Waals surface area contributed by atoms with Crippen molar-refractivity contribution < 1.29 is 8.42 Å². The molecule has 0 unspecified atom stereocenters. The topological polar surface area (TPSA) is 71.1 Å². The van der Waals surface area contributed by atoms with Crippen LogP contribution >= 0.6 is 0 Å². The van der Waals surface area contributed by atoms with Crippen molar-refractivity contribution in [3.05, 3.63) is 48.2 Å². The third kappa shape index (κ3) is 4.97. The minimum absolute atomic E-state index is 0.247. The predicted molar refractivity (Wildman–Crippen MR) is 106 cm³/mol. The van der Waals surface area contributed by atoms with E-state index in [9.17, 15) is 8.42 Å². The van der Waals surface area contributed by atoms with Crippen molar-refractivity contribution in [3.8, 4) is 0 Å². The van der Waals surface area contributed by atoms with E-state index < -0.39 is 10.0 Å². The fraction of sp³-hybridized carbons (Fsp3) is 0.450. The summed E-state index contributed by atoms with van der Waals surface area (Å²) >= 11 is 0. The average Bonchev–Trinajstić information content (AvgIpc) is 2.92. The van der Waals surface area contributed by atoms with Gasteiger partial charge in [0.1, 0.15) is 5.82 Å². The molecule has 2 aromatic rings. The van der Waals surface area contributed by atoms with Crippen LogP contribution in [0.25, 0.3) is 0 Å². The molecule has 1 saturated carbocycles. The Morgan fingerprint density at radius 2 is 1.69 bits per heavy atom. The van der Waals surface area contributed by atoms with E-state index in [0.717, 1.165) is 17.7 Å². The van der Waals surface area contributed by atoms with Crippen molar-refractivity contribution in [1.29, 1.82) is 0 Å². The SMILES string of the molecule is CCc1ccc(S(=O)(=O)Nc2ccc(NC3CCCCCC3)cn2)cc1. The highest BCUT2D eigenvalue weighted by Gasteiger charge is 2.15. The van der Waals surface area contributed by atoms with Crippen LogP contribution in [0.5, 0.6) is 0 Å². The number of aryl methyl sites for hydroxylation is 1. The van der Waals surface area contributed by atoms with Crippen LogP contribution in [0.1, 0.15) is 51.0 Å². The van der Waals surface area contributed by atoms with Crippen LogP contribution in [0.2, 0.25) is 0 Å². The fourth-order valence-corrected chi connectivity index (χ4v) is 4.31. The van der Waals surface area contributed by atoms with Crippen molar-refractivity contribution in [2.24, 2.45) is 0 Å². The van der Waals surface area contributed by atoms with Gasteiger partial charge in [-0.3, -0.25) is 4.72 Å². The second kappa shape index (κ2) is 8.54. The molecule has 3 rings (SSSR count). The van der Waals surface area contributed by atoms with Crippen LogP contribution in [0.4, 0.5) is 11.5 Å². The summed E-state index contributed by atoms with van der Waals surface area (Å²) in [4.78, 5) is 4.51. The molecule has 140 valence electrons. The lowest BCUT2D eigenvalue weighted by Gasteiger charge is -2.17. The number of anilines is 2. The predicted octanol–water partition coefficient (Wildman–Crippen LogP) is 4.58. The van der Waals surface area contributed by atoms with E-state index in [2.05, 4.69) is 15.0 Å². The molecule has 0 bridgehead atoms. The molecule has 0 atom stereocenters. The van der Waals surface area contributed by atoms with Crippen LogP contribution in [0, 0.1) is 0 Å². The van der Waals surface area contributed by atoms with Gasteiger partial charge in [0.2, 0.25) is 0 Å². The van der Waals surface area contributed by atoms with E-state index >= 15 is 0 Å². The molecule has 5 nitrogen and oxygen atoms in total. The smallest absolute Gasteiger partial charge is 0.263 e. The Bertz CT molecular complexity index is 794. The number of hydrogen-bond acceptors (Lipinski definition) is 4. The van der Waals surface area contributed by atoms with Gasteiger partial charge in [-0.15, -0.1) is 0 Å². The maximum absolute atomic E-state index is 12.5. The summed E-state index contributed by atoms with van der Waals surface area (Å²) in [6.07, 6.45) is 10.1. The average molecular weight is 374 g/mol. The Kier molecular flexibility index (Phi) is 6.14. The first kappa shape index (κ1) is 18.7. The molecule has 0 aliphatic heterocycles. The van der Waals surface area contributed by atoms with Crippen LogP contribution in [-0.4, -0.2) is 19.4 Å². The van der Waals surface area contributed by atoms with Crippen molar-refractivity contribution in [2.75, 3.05) is 10.0 Å². The Labute approximate surface area is 156 Å². The molecule has 1 aliphatic carbocycles. The number of sulfonamides is 1. The minimum atomic E-state index is -3.62. The summed E-state index contributed by atoms with van der Waals surface area (Å²) < 4.78 is 27.5. The first-order valence-corrected chi connectivity index (χ1v) is 10.9. The first-order valence-electron chi connectivity index (χ1n) is 9.41. The molecule has 1 heterocycles. The molecule has 0 spiro atoms. The molecule has 1 aliphatic rings. The quantitative estimate of drug-likeness (QED) is 0.727. The van der Waals surface area contributed by atoms with Gasteiger partial charge in [-0.25, -0.2) is 13.4 Å². The zero-order valence-corrected chi connectivity index (χ0v) is 16.1. The summed E-state index contributed by atoms with van der Waals surface area (Å²) in [7, 11) is -3.62. The van der Waals surface area contributed by atoms with Crippen molar-refractivity contribution >= 4 is 21.5 Å².